The molecule has 2 saturated heterocycles. The van der Waals surface area contributed by atoms with Crippen LogP contribution in [-0.2, 0) is 11.3 Å². The third-order valence-electron chi connectivity index (χ3n) is 6.47. The Morgan fingerprint density at radius 1 is 1.23 bits per heavy atom. The van der Waals surface area contributed by atoms with Crippen LogP contribution in [0, 0.1) is 5.92 Å². The number of methoxy groups -OCH3 is 1. The normalized spacial score (nSPS) is 22.9. The molecule has 0 spiro atoms. The van der Waals surface area contributed by atoms with Gasteiger partial charge in [0.1, 0.15) is 11.2 Å². The molecule has 0 unspecified atom stereocenters. The van der Waals surface area contributed by atoms with Gasteiger partial charge in [-0.1, -0.05) is 13.0 Å². The van der Waals surface area contributed by atoms with Crippen molar-refractivity contribution in [1.29, 1.82) is 0 Å². The molecule has 5 heterocycles. The van der Waals surface area contributed by atoms with Gasteiger partial charge in [0.25, 0.3) is 5.56 Å². The van der Waals surface area contributed by atoms with Gasteiger partial charge in [0, 0.05) is 51.0 Å². The van der Waals surface area contributed by atoms with Crippen molar-refractivity contribution in [2.24, 2.45) is 5.92 Å². The number of H-pyrrole nitrogens is 1. The highest BCUT2D eigenvalue weighted by Crippen LogP contribution is 2.32. The molecule has 164 valence electrons. The quantitative estimate of drug-likeness (QED) is 0.670. The first-order valence-electron chi connectivity index (χ1n) is 10.9. The van der Waals surface area contributed by atoms with E-state index in [0.29, 0.717) is 22.8 Å². The van der Waals surface area contributed by atoms with Crippen LogP contribution in [0.1, 0.15) is 43.1 Å². The number of fused-ring (bicyclic) bond motifs is 1. The molecule has 2 fully saturated rings. The molecule has 0 aliphatic carbocycles. The van der Waals surface area contributed by atoms with Crippen LogP contribution in [0.15, 0.2) is 29.3 Å². The summed E-state index contributed by atoms with van der Waals surface area (Å²) in [7, 11) is 1.62. The van der Waals surface area contributed by atoms with Crippen molar-refractivity contribution in [1.82, 2.24) is 29.6 Å². The number of aromatic amines is 1. The first kappa shape index (κ1) is 20.1. The second-order valence-electron chi connectivity index (χ2n) is 8.61. The number of rotatable bonds is 5. The van der Waals surface area contributed by atoms with Crippen LogP contribution in [0.25, 0.3) is 11.0 Å². The summed E-state index contributed by atoms with van der Waals surface area (Å²) >= 11 is 0. The topological polar surface area (TPSA) is 98.2 Å². The lowest BCUT2D eigenvalue weighted by Crippen LogP contribution is -2.23. The number of nitrogens with one attached hydrogen (secondary N) is 1. The van der Waals surface area contributed by atoms with Gasteiger partial charge in [-0.3, -0.25) is 9.69 Å². The second-order valence-corrected chi connectivity index (χ2v) is 8.61. The van der Waals surface area contributed by atoms with Gasteiger partial charge < -0.3 is 14.5 Å². The summed E-state index contributed by atoms with van der Waals surface area (Å²) in [5.74, 6) is 1.93. The van der Waals surface area contributed by atoms with Crippen molar-refractivity contribution >= 4 is 11.0 Å². The Labute approximate surface area is 180 Å². The van der Waals surface area contributed by atoms with Crippen molar-refractivity contribution in [3.05, 3.63) is 46.3 Å². The molecule has 2 aliphatic heterocycles. The maximum absolute atomic E-state index is 12.8. The highest BCUT2D eigenvalue weighted by Gasteiger charge is 2.33. The Morgan fingerprint density at radius 3 is 2.81 bits per heavy atom. The number of nitrogens with zero attached hydrogens (tertiary/aromatic N) is 5. The van der Waals surface area contributed by atoms with E-state index in [4.69, 9.17) is 14.5 Å². The van der Waals surface area contributed by atoms with E-state index in [2.05, 4.69) is 26.9 Å². The highest BCUT2D eigenvalue weighted by molar-refractivity contribution is 5.73. The SMILES string of the molecule is COc1ccc(CN2C[C@@H](C)[C@H](c3nc4c(cnn4C4CCOCC4)c(=O)[nH]3)C2)cn1. The van der Waals surface area contributed by atoms with Crippen LogP contribution in [0.3, 0.4) is 0 Å². The molecule has 5 rings (SSSR count). The summed E-state index contributed by atoms with van der Waals surface area (Å²) in [6.45, 7) is 6.25. The molecule has 9 heteroatoms. The highest BCUT2D eigenvalue weighted by atomic mass is 16.5. The molecule has 0 saturated carbocycles. The molecule has 0 aromatic carbocycles. The van der Waals surface area contributed by atoms with Crippen LogP contribution in [0.5, 0.6) is 5.88 Å². The summed E-state index contributed by atoms with van der Waals surface area (Å²) < 4.78 is 12.6. The molecule has 0 bridgehead atoms. The van der Waals surface area contributed by atoms with Crippen LogP contribution < -0.4 is 10.3 Å². The molecule has 1 N–H and O–H groups in total. The number of ether oxygens (including phenoxy) is 2. The van der Waals surface area contributed by atoms with E-state index in [-0.39, 0.29) is 17.5 Å². The lowest BCUT2D eigenvalue weighted by molar-refractivity contribution is 0.0673. The van der Waals surface area contributed by atoms with Crippen LogP contribution in [-0.4, -0.2) is 63.0 Å². The average molecular weight is 425 g/mol. The molecule has 0 radical (unpaired) electrons. The maximum Gasteiger partial charge on any atom is 0.262 e. The first-order valence-corrected chi connectivity index (χ1v) is 10.9. The van der Waals surface area contributed by atoms with Gasteiger partial charge in [0.05, 0.1) is 19.3 Å². The van der Waals surface area contributed by atoms with Crippen LogP contribution >= 0.6 is 0 Å². The van der Waals surface area contributed by atoms with E-state index in [1.807, 2.05) is 23.0 Å². The lowest BCUT2D eigenvalue weighted by atomic mass is 9.97. The van der Waals surface area contributed by atoms with Gasteiger partial charge >= 0.3 is 0 Å². The third kappa shape index (κ3) is 3.95. The minimum Gasteiger partial charge on any atom is -0.481 e. The fourth-order valence-corrected chi connectivity index (χ4v) is 4.76. The summed E-state index contributed by atoms with van der Waals surface area (Å²) in [5, 5.41) is 5.06. The Hall–Kier alpha value is -2.78. The van der Waals surface area contributed by atoms with Gasteiger partial charge in [-0.25, -0.2) is 14.6 Å². The lowest BCUT2D eigenvalue weighted by Gasteiger charge is -2.23. The molecule has 0 amide bonds. The summed E-state index contributed by atoms with van der Waals surface area (Å²) in [6, 6.07) is 4.16. The Morgan fingerprint density at radius 2 is 2.06 bits per heavy atom. The van der Waals surface area contributed by atoms with Gasteiger partial charge in [-0.15, -0.1) is 0 Å². The first-order chi connectivity index (χ1) is 15.1. The summed E-state index contributed by atoms with van der Waals surface area (Å²) in [6.07, 6.45) is 5.28. The van der Waals surface area contributed by atoms with E-state index in [9.17, 15) is 4.79 Å². The zero-order valence-corrected chi connectivity index (χ0v) is 18.0. The minimum absolute atomic E-state index is 0.108. The van der Waals surface area contributed by atoms with Gasteiger partial charge in [0.2, 0.25) is 5.88 Å². The van der Waals surface area contributed by atoms with Crippen molar-refractivity contribution in [2.75, 3.05) is 33.4 Å². The monoisotopic (exact) mass is 424 g/mol. The van der Waals surface area contributed by atoms with Crippen molar-refractivity contribution < 1.29 is 9.47 Å². The van der Waals surface area contributed by atoms with Crippen LogP contribution in [0.2, 0.25) is 0 Å². The Bertz CT molecular complexity index is 1100. The van der Waals surface area contributed by atoms with Crippen molar-refractivity contribution in [2.45, 2.75) is 38.3 Å². The van der Waals surface area contributed by atoms with Crippen molar-refractivity contribution in [3.63, 3.8) is 0 Å². The minimum atomic E-state index is -0.108. The number of pyridine rings is 1. The van der Waals surface area contributed by atoms with E-state index in [1.165, 1.54) is 0 Å². The maximum atomic E-state index is 12.8. The Kier molecular flexibility index (Phi) is 5.45. The molecule has 3 aromatic rings. The molecule has 2 atom stereocenters. The fourth-order valence-electron chi connectivity index (χ4n) is 4.76. The second kappa shape index (κ2) is 8.39. The van der Waals surface area contributed by atoms with E-state index in [1.54, 1.807) is 13.3 Å². The Balaban J connectivity index is 1.38. The number of hydrogen-bond donors (Lipinski definition) is 1. The molecule has 2 aliphatic rings. The van der Waals surface area contributed by atoms with Crippen LogP contribution in [0.4, 0.5) is 0 Å². The molecule has 3 aromatic heterocycles. The van der Waals surface area contributed by atoms with Gasteiger partial charge in [0.15, 0.2) is 5.65 Å². The predicted molar refractivity (Wildman–Crippen MR) is 115 cm³/mol. The summed E-state index contributed by atoms with van der Waals surface area (Å²) in [5.41, 5.74) is 1.72. The van der Waals surface area contributed by atoms with E-state index >= 15 is 0 Å². The number of hydrogen-bond acceptors (Lipinski definition) is 7. The van der Waals surface area contributed by atoms with E-state index < -0.39 is 0 Å². The number of likely N-dealkylation sites (tertiary alicyclic amines) is 1. The van der Waals surface area contributed by atoms with Crippen molar-refractivity contribution in [3.8, 4) is 5.88 Å². The zero-order chi connectivity index (χ0) is 21.4. The average Bonchev–Trinajstić information content (AvgIpc) is 3.38. The summed E-state index contributed by atoms with van der Waals surface area (Å²) in [4.78, 5) is 27.4. The molecule has 9 nitrogen and oxygen atoms in total. The molecular formula is C22H28N6O3. The largest absolute Gasteiger partial charge is 0.481 e. The standard InChI is InChI=1S/C22H28N6O3/c1-14-11-27(12-15-3-4-19(30-2)23-9-15)13-18(14)20-25-21-17(22(29)26-20)10-24-28(21)16-5-7-31-8-6-16/h3-4,9-10,14,16,18H,5-8,11-13H2,1-2H3,(H,25,26,29)/t14-,18-/m1/s1. The zero-order valence-electron chi connectivity index (χ0n) is 18.0. The number of aromatic nitrogens is 5. The van der Waals surface area contributed by atoms with Gasteiger partial charge in [-0.2, -0.15) is 5.10 Å². The third-order valence-corrected chi connectivity index (χ3v) is 6.47. The smallest absolute Gasteiger partial charge is 0.262 e. The molecule has 31 heavy (non-hydrogen) atoms. The van der Waals surface area contributed by atoms with Gasteiger partial charge in [-0.05, 0) is 24.3 Å². The molecular weight excluding hydrogens is 396 g/mol. The fraction of sp³-hybridized carbons (Fsp3) is 0.545. The van der Waals surface area contributed by atoms with E-state index in [0.717, 1.165) is 57.1 Å². The predicted octanol–water partition coefficient (Wildman–Crippen LogP) is 2.11.